The molecule has 0 bridgehead atoms. The molecule has 186 valence electrons. The van der Waals surface area contributed by atoms with Crippen molar-refractivity contribution in [3.05, 3.63) is 70.3 Å². The van der Waals surface area contributed by atoms with Crippen LogP contribution in [0, 0.1) is 11.3 Å². The van der Waals surface area contributed by atoms with Gasteiger partial charge in [0.2, 0.25) is 0 Å². The van der Waals surface area contributed by atoms with Gasteiger partial charge in [-0.3, -0.25) is 14.5 Å². The molecule has 4 nitrogen and oxygen atoms in total. The summed E-state index contributed by atoms with van der Waals surface area (Å²) in [4.78, 5) is 26.5. The van der Waals surface area contributed by atoms with E-state index >= 15 is 0 Å². The average Bonchev–Trinajstić information content (AvgIpc) is 3.08. The molecule has 1 aliphatic heterocycles. The van der Waals surface area contributed by atoms with Gasteiger partial charge in [-0.25, -0.2) is 0 Å². The van der Waals surface area contributed by atoms with Crippen LogP contribution >= 0.6 is 0 Å². The summed E-state index contributed by atoms with van der Waals surface area (Å²) in [5.41, 5.74) is 5.97. The average molecular weight is 474 g/mol. The molecule has 1 unspecified atom stereocenters. The number of fused-ring (bicyclic) bond motifs is 4. The first-order valence-electron chi connectivity index (χ1n) is 13.4. The van der Waals surface area contributed by atoms with Crippen molar-refractivity contribution in [2.45, 2.75) is 77.6 Å². The van der Waals surface area contributed by atoms with Crippen LogP contribution in [0.25, 0.3) is 0 Å². The number of imide groups is 1. The van der Waals surface area contributed by atoms with Crippen molar-refractivity contribution in [1.29, 1.82) is 0 Å². The summed E-state index contributed by atoms with van der Waals surface area (Å²) < 4.78 is 6.27. The Morgan fingerprint density at radius 2 is 1.74 bits per heavy atom. The normalized spacial score (nSPS) is 27.7. The molecule has 0 spiro atoms. The van der Waals surface area contributed by atoms with Gasteiger partial charge in [-0.1, -0.05) is 64.4 Å². The highest BCUT2D eigenvalue weighted by Crippen LogP contribution is 2.57. The maximum absolute atomic E-state index is 12.6. The van der Waals surface area contributed by atoms with E-state index in [4.69, 9.17) is 4.74 Å². The highest BCUT2D eigenvalue weighted by molar-refractivity contribution is 6.21. The van der Waals surface area contributed by atoms with Gasteiger partial charge < -0.3 is 4.74 Å². The Kier molecular flexibility index (Phi) is 6.37. The van der Waals surface area contributed by atoms with Crippen molar-refractivity contribution in [1.82, 2.24) is 4.90 Å². The number of aryl methyl sites for hydroxylation is 1. The van der Waals surface area contributed by atoms with Crippen LogP contribution in [0.3, 0.4) is 0 Å². The number of amides is 2. The molecule has 3 aliphatic rings. The molecule has 5 rings (SSSR count). The predicted molar refractivity (Wildman–Crippen MR) is 139 cm³/mol. The zero-order chi connectivity index (χ0) is 24.8. The van der Waals surface area contributed by atoms with Crippen molar-refractivity contribution >= 4 is 11.8 Å². The lowest BCUT2D eigenvalue weighted by Crippen LogP contribution is -2.51. The Bertz CT molecular complexity index is 1100. The monoisotopic (exact) mass is 473 g/mol. The van der Waals surface area contributed by atoms with Gasteiger partial charge in [0.1, 0.15) is 0 Å². The molecule has 3 atom stereocenters. The van der Waals surface area contributed by atoms with Crippen LogP contribution in [0.15, 0.2) is 42.5 Å². The number of hydrogen-bond acceptors (Lipinski definition) is 3. The van der Waals surface area contributed by atoms with E-state index in [0.717, 1.165) is 13.0 Å². The van der Waals surface area contributed by atoms with Crippen LogP contribution < -0.4 is 0 Å². The summed E-state index contributed by atoms with van der Waals surface area (Å²) in [7, 11) is 0. The molecule has 0 aromatic heterocycles. The molecule has 2 aliphatic carbocycles. The molecule has 0 radical (unpaired) electrons. The Morgan fingerprint density at radius 1 is 1.03 bits per heavy atom. The highest BCUT2D eigenvalue weighted by Gasteiger charge is 2.51. The van der Waals surface area contributed by atoms with Crippen LogP contribution in [-0.2, 0) is 16.6 Å². The van der Waals surface area contributed by atoms with Crippen LogP contribution in [0.1, 0.15) is 103 Å². The summed E-state index contributed by atoms with van der Waals surface area (Å²) in [5, 5.41) is 0. The molecular formula is C31H39NO3. The van der Waals surface area contributed by atoms with Gasteiger partial charge in [0.05, 0.1) is 17.7 Å². The molecule has 35 heavy (non-hydrogen) atoms. The minimum atomic E-state index is -0.179. The summed E-state index contributed by atoms with van der Waals surface area (Å²) >= 11 is 0. The maximum Gasteiger partial charge on any atom is 0.261 e. The van der Waals surface area contributed by atoms with Crippen molar-refractivity contribution in [2.75, 3.05) is 19.8 Å². The molecule has 0 saturated heterocycles. The molecule has 2 aromatic carbocycles. The SMILES string of the molecule is CC(C)c1ccc2c(c1)CCC1[C@@](C)(COCCCN3C(=O)c4ccccc4C3=O)CCC[C@]21C. The lowest BCUT2D eigenvalue weighted by molar-refractivity contribution is -0.0471. The molecule has 1 heterocycles. The Balaban J connectivity index is 1.20. The minimum Gasteiger partial charge on any atom is -0.381 e. The first-order valence-corrected chi connectivity index (χ1v) is 13.4. The summed E-state index contributed by atoms with van der Waals surface area (Å²) in [5.74, 6) is 0.817. The van der Waals surface area contributed by atoms with E-state index in [2.05, 4.69) is 45.9 Å². The van der Waals surface area contributed by atoms with E-state index in [1.165, 1.54) is 36.1 Å². The maximum atomic E-state index is 12.6. The molecule has 4 heteroatoms. The van der Waals surface area contributed by atoms with Crippen molar-refractivity contribution in [3.8, 4) is 0 Å². The molecular weight excluding hydrogens is 434 g/mol. The quantitative estimate of drug-likeness (QED) is 0.340. The number of benzene rings is 2. The Hall–Kier alpha value is -2.46. The van der Waals surface area contributed by atoms with Crippen molar-refractivity contribution in [2.24, 2.45) is 11.3 Å². The molecule has 0 N–H and O–H groups in total. The van der Waals surface area contributed by atoms with E-state index < -0.39 is 0 Å². The van der Waals surface area contributed by atoms with E-state index in [-0.39, 0.29) is 22.6 Å². The molecule has 2 aromatic rings. The molecule has 1 saturated carbocycles. The number of carbonyl (C=O) groups is 2. The van der Waals surface area contributed by atoms with Crippen LogP contribution in [0.5, 0.6) is 0 Å². The highest BCUT2D eigenvalue weighted by atomic mass is 16.5. The lowest BCUT2D eigenvalue weighted by atomic mass is 9.50. The standard InChI is InChI=1S/C31H39NO3/c1-21(2)22-11-13-26-23(19-22)12-14-27-30(3,15-7-16-31(26,27)4)20-35-18-8-17-32-28(33)24-9-5-6-10-25(24)29(32)34/h5-6,9-11,13,19,21,27H,7-8,12,14-18,20H2,1-4H3/t27?,30-,31-/m1/s1. The van der Waals surface area contributed by atoms with E-state index in [1.807, 2.05) is 12.1 Å². The van der Waals surface area contributed by atoms with Gasteiger partial charge in [-0.15, -0.1) is 0 Å². The molecule has 1 fully saturated rings. The smallest absolute Gasteiger partial charge is 0.261 e. The lowest BCUT2D eigenvalue weighted by Gasteiger charge is -2.55. The summed E-state index contributed by atoms with van der Waals surface area (Å²) in [6, 6.07) is 14.3. The second-order valence-corrected chi connectivity index (χ2v) is 11.8. The largest absolute Gasteiger partial charge is 0.381 e. The first-order chi connectivity index (χ1) is 16.7. The number of rotatable bonds is 7. The zero-order valence-corrected chi connectivity index (χ0v) is 21.7. The van der Waals surface area contributed by atoms with Crippen molar-refractivity contribution in [3.63, 3.8) is 0 Å². The zero-order valence-electron chi connectivity index (χ0n) is 21.7. The number of carbonyl (C=O) groups excluding carboxylic acids is 2. The minimum absolute atomic E-state index is 0.150. The summed E-state index contributed by atoms with van der Waals surface area (Å²) in [6.07, 6.45) is 6.73. The second-order valence-electron chi connectivity index (χ2n) is 11.8. The second kappa shape index (κ2) is 9.20. The number of ether oxygens (including phenoxy) is 1. The van der Waals surface area contributed by atoms with E-state index in [1.54, 1.807) is 23.3 Å². The third kappa shape index (κ3) is 4.14. The van der Waals surface area contributed by atoms with Crippen LogP contribution in [0.2, 0.25) is 0 Å². The van der Waals surface area contributed by atoms with Gasteiger partial charge in [-0.05, 0) is 83.6 Å². The predicted octanol–water partition coefficient (Wildman–Crippen LogP) is 6.52. The van der Waals surface area contributed by atoms with Crippen LogP contribution in [0.4, 0.5) is 0 Å². The first kappa shape index (κ1) is 24.2. The Morgan fingerprint density at radius 3 is 2.43 bits per heavy atom. The van der Waals surface area contributed by atoms with E-state index in [0.29, 0.717) is 42.5 Å². The van der Waals surface area contributed by atoms with Gasteiger partial charge in [-0.2, -0.15) is 0 Å². The Labute approximate surface area is 210 Å². The van der Waals surface area contributed by atoms with Crippen LogP contribution in [-0.4, -0.2) is 36.5 Å². The van der Waals surface area contributed by atoms with Crippen molar-refractivity contribution < 1.29 is 14.3 Å². The number of nitrogens with zero attached hydrogens (tertiary/aromatic N) is 1. The fourth-order valence-electron chi connectivity index (χ4n) is 7.25. The number of hydrogen-bond donors (Lipinski definition) is 0. The third-order valence-corrected chi connectivity index (χ3v) is 9.15. The fraction of sp³-hybridized carbons (Fsp3) is 0.548. The van der Waals surface area contributed by atoms with Gasteiger partial charge >= 0.3 is 0 Å². The topological polar surface area (TPSA) is 46.6 Å². The van der Waals surface area contributed by atoms with Gasteiger partial charge in [0, 0.05) is 13.2 Å². The van der Waals surface area contributed by atoms with Gasteiger partial charge in [0.15, 0.2) is 0 Å². The third-order valence-electron chi connectivity index (χ3n) is 9.15. The van der Waals surface area contributed by atoms with Gasteiger partial charge in [0.25, 0.3) is 11.8 Å². The molecule has 2 amide bonds. The van der Waals surface area contributed by atoms with E-state index in [9.17, 15) is 9.59 Å². The fourth-order valence-corrected chi connectivity index (χ4v) is 7.25. The summed E-state index contributed by atoms with van der Waals surface area (Å²) in [6.45, 7) is 11.2.